The molecule has 2 fully saturated rings. The van der Waals surface area contributed by atoms with Gasteiger partial charge >= 0.3 is 5.97 Å². The average Bonchev–Trinajstić information content (AvgIpc) is 3.40. The predicted molar refractivity (Wildman–Crippen MR) is 147 cm³/mol. The molecule has 0 aliphatic carbocycles. The van der Waals surface area contributed by atoms with Crippen molar-refractivity contribution in [2.75, 3.05) is 38.0 Å². The van der Waals surface area contributed by atoms with E-state index < -0.39 is 18.1 Å². The lowest BCUT2D eigenvalue weighted by Gasteiger charge is -2.35. The first-order chi connectivity index (χ1) is 18.4. The van der Waals surface area contributed by atoms with E-state index in [4.69, 9.17) is 4.98 Å². The fraction of sp³-hybridized carbons (Fsp3) is 0.724. The SMILES string of the molecule is CCCCC(=O)N1CCCCC1C(=O)NC(CCN1CCC(CCc2ccc3c(n2)NCCC3)C1)C(=O)O. The van der Waals surface area contributed by atoms with E-state index in [1.54, 1.807) is 4.90 Å². The Hall–Kier alpha value is -2.68. The van der Waals surface area contributed by atoms with Crippen LogP contribution in [0.1, 0.15) is 82.4 Å². The Morgan fingerprint density at radius 2 is 2.05 bits per heavy atom. The summed E-state index contributed by atoms with van der Waals surface area (Å²) >= 11 is 0. The lowest BCUT2D eigenvalue weighted by Crippen LogP contribution is -2.55. The number of nitrogens with zero attached hydrogens (tertiary/aromatic N) is 3. The number of rotatable bonds is 12. The summed E-state index contributed by atoms with van der Waals surface area (Å²) in [5, 5.41) is 16.0. The molecule has 3 unspecified atom stereocenters. The van der Waals surface area contributed by atoms with E-state index in [1.165, 1.54) is 5.56 Å². The van der Waals surface area contributed by atoms with Crippen LogP contribution in [-0.4, -0.2) is 82.5 Å². The fourth-order valence-electron chi connectivity index (χ4n) is 6.02. The second-order valence-electron chi connectivity index (χ2n) is 11.2. The number of carbonyl (C=O) groups excluding carboxylic acids is 2. The lowest BCUT2D eigenvalue weighted by molar-refractivity contribution is -0.146. The minimum atomic E-state index is -1.01. The van der Waals surface area contributed by atoms with Crippen LogP contribution < -0.4 is 10.6 Å². The molecule has 4 heterocycles. The lowest BCUT2D eigenvalue weighted by atomic mass is 9.99. The van der Waals surface area contributed by atoms with Gasteiger partial charge in [0.2, 0.25) is 11.8 Å². The Morgan fingerprint density at radius 1 is 1.18 bits per heavy atom. The Labute approximate surface area is 226 Å². The fourth-order valence-corrected chi connectivity index (χ4v) is 6.02. The Balaban J connectivity index is 1.22. The molecule has 0 saturated carbocycles. The number of hydrogen-bond donors (Lipinski definition) is 3. The second kappa shape index (κ2) is 13.9. The van der Waals surface area contributed by atoms with Crippen molar-refractivity contribution in [1.29, 1.82) is 0 Å². The van der Waals surface area contributed by atoms with Crippen molar-refractivity contribution in [3.8, 4) is 0 Å². The van der Waals surface area contributed by atoms with Gasteiger partial charge in [0.05, 0.1) is 0 Å². The number of anilines is 1. The monoisotopic (exact) mass is 527 g/mol. The molecule has 210 valence electrons. The van der Waals surface area contributed by atoms with Crippen molar-refractivity contribution in [3.63, 3.8) is 0 Å². The van der Waals surface area contributed by atoms with Crippen LogP contribution in [0.4, 0.5) is 5.82 Å². The summed E-state index contributed by atoms with van der Waals surface area (Å²) in [5.74, 6) is 0.284. The summed E-state index contributed by atoms with van der Waals surface area (Å²) in [5.41, 5.74) is 2.45. The largest absolute Gasteiger partial charge is 0.480 e. The highest BCUT2D eigenvalue weighted by molar-refractivity contribution is 5.90. The first kappa shape index (κ1) is 28.3. The van der Waals surface area contributed by atoms with E-state index in [-0.39, 0.29) is 11.8 Å². The zero-order valence-electron chi connectivity index (χ0n) is 22.9. The minimum Gasteiger partial charge on any atom is -0.480 e. The summed E-state index contributed by atoms with van der Waals surface area (Å²) in [6.07, 6.45) is 10.3. The van der Waals surface area contributed by atoms with Crippen molar-refractivity contribution >= 4 is 23.6 Å². The topological polar surface area (TPSA) is 115 Å². The molecule has 3 aliphatic heterocycles. The molecule has 9 heteroatoms. The maximum Gasteiger partial charge on any atom is 0.326 e. The molecule has 4 rings (SSSR count). The van der Waals surface area contributed by atoms with E-state index >= 15 is 0 Å². The summed E-state index contributed by atoms with van der Waals surface area (Å²) in [6, 6.07) is 2.87. The number of nitrogens with one attached hydrogen (secondary N) is 2. The minimum absolute atomic E-state index is 0.00327. The van der Waals surface area contributed by atoms with Crippen LogP contribution in [0.5, 0.6) is 0 Å². The summed E-state index contributed by atoms with van der Waals surface area (Å²) in [6.45, 7) is 6.15. The van der Waals surface area contributed by atoms with Crippen LogP contribution in [0.3, 0.4) is 0 Å². The number of hydrogen-bond acceptors (Lipinski definition) is 6. The molecule has 2 amide bonds. The van der Waals surface area contributed by atoms with Gasteiger partial charge < -0.3 is 25.5 Å². The highest BCUT2D eigenvalue weighted by Crippen LogP contribution is 2.24. The molecule has 9 nitrogen and oxygen atoms in total. The number of likely N-dealkylation sites (tertiary alicyclic amines) is 2. The zero-order chi connectivity index (χ0) is 26.9. The van der Waals surface area contributed by atoms with Gasteiger partial charge in [0.25, 0.3) is 0 Å². The smallest absolute Gasteiger partial charge is 0.326 e. The second-order valence-corrected chi connectivity index (χ2v) is 11.2. The van der Waals surface area contributed by atoms with E-state index in [0.29, 0.717) is 38.3 Å². The third-order valence-corrected chi connectivity index (χ3v) is 8.35. The zero-order valence-corrected chi connectivity index (χ0v) is 22.9. The van der Waals surface area contributed by atoms with Gasteiger partial charge in [0.1, 0.15) is 17.9 Å². The molecule has 0 spiro atoms. The van der Waals surface area contributed by atoms with Gasteiger partial charge in [0.15, 0.2) is 0 Å². The number of carboxylic acid groups (broad SMARTS) is 1. The third kappa shape index (κ3) is 7.68. The number of aromatic nitrogens is 1. The molecule has 1 aromatic rings. The number of carboxylic acids is 1. The van der Waals surface area contributed by atoms with Gasteiger partial charge in [-0.15, -0.1) is 0 Å². The average molecular weight is 528 g/mol. The molecule has 0 aromatic carbocycles. The van der Waals surface area contributed by atoms with E-state index in [0.717, 1.165) is 88.9 Å². The van der Waals surface area contributed by atoms with E-state index in [2.05, 4.69) is 27.7 Å². The number of aryl methyl sites for hydroxylation is 2. The Bertz CT molecular complexity index is 970. The normalized spacial score (nSPS) is 22.4. The Morgan fingerprint density at radius 3 is 2.87 bits per heavy atom. The molecule has 3 aliphatic rings. The number of piperidine rings is 1. The molecular weight excluding hydrogens is 482 g/mol. The summed E-state index contributed by atoms with van der Waals surface area (Å²) < 4.78 is 0. The van der Waals surface area contributed by atoms with Crippen LogP contribution in [-0.2, 0) is 27.2 Å². The van der Waals surface area contributed by atoms with Crippen molar-refractivity contribution in [1.82, 2.24) is 20.1 Å². The number of amides is 2. The van der Waals surface area contributed by atoms with Crippen LogP contribution in [0, 0.1) is 5.92 Å². The Kier molecular flexibility index (Phi) is 10.4. The van der Waals surface area contributed by atoms with Crippen LogP contribution in [0.2, 0.25) is 0 Å². The van der Waals surface area contributed by atoms with Crippen molar-refractivity contribution < 1.29 is 19.5 Å². The molecular formula is C29H45N5O4. The van der Waals surface area contributed by atoms with Crippen molar-refractivity contribution in [2.24, 2.45) is 5.92 Å². The summed E-state index contributed by atoms with van der Waals surface area (Å²) in [4.78, 5) is 46.5. The highest BCUT2D eigenvalue weighted by atomic mass is 16.4. The van der Waals surface area contributed by atoms with E-state index in [1.807, 2.05) is 6.92 Å². The molecule has 3 N–H and O–H groups in total. The first-order valence-corrected chi connectivity index (χ1v) is 14.7. The number of fused-ring (bicyclic) bond motifs is 1. The van der Waals surface area contributed by atoms with Gasteiger partial charge in [0, 0.05) is 38.3 Å². The van der Waals surface area contributed by atoms with E-state index in [9.17, 15) is 19.5 Å². The van der Waals surface area contributed by atoms with Gasteiger partial charge in [-0.1, -0.05) is 19.4 Å². The molecule has 0 radical (unpaired) electrons. The number of aliphatic carboxylic acids is 1. The van der Waals surface area contributed by atoms with Crippen LogP contribution in [0.15, 0.2) is 12.1 Å². The number of carbonyl (C=O) groups is 3. The molecule has 0 bridgehead atoms. The van der Waals surface area contributed by atoms with Crippen molar-refractivity contribution in [3.05, 3.63) is 23.4 Å². The quantitative estimate of drug-likeness (QED) is 0.382. The van der Waals surface area contributed by atoms with Crippen LogP contribution in [0.25, 0.3) is 0 Å². The number of unbranched alkanes of at least 4 members (excludes halogenated alkanes) is 1. The standard InChI is InChI=1S/C29H45N5O4/c1-2-3-9-26(35)34-17-5-4-8-25(34)28(36)32-24(29(37)38)15-19-33-18-14-21(20-33)10-12-23-13-11-22-7-6-16-30-27(22)31-23/h11,13,21,24-25H,2-10,12,14-20H2,1H3,(H,30,31)(H,32,36)(H,37,38). The maximum atomic E-state index is 13.1. The van der Waals surface area contributed by atoms with Gasteiger partial charge in [-0.25, -0.2) is 9.78 Å². The maximum absolute atomic E-state index is 13.1. The van der Waals surface area contributed by atoms with Gasteiger partial charge in [-0.05, 0) is 88.3 Å². The number of pyridine rings is 1. The molecule has 3 atom stereocenters. The first-order valence-electron chi connectivity index (χ1n) is 14.7. The highest BCUT2D eigenvalue weighted by Gasteiger charge is 2.34. The summed E-state index contributed by atoms with van der Waals surface area (Å²) in [7, 11) is 0. The third-order valence-electron chi connectivity index (χ3n) is 8.35. The predicted octanol–water partition coefficient (Wildman–Crippen LogP) is 3.23. The molecule has 38 heavy (non-hydrogen) atoms. The van der Waals surface area contributed by atoms with Gasteiger partial charge in [-0.2, -0.15) is 0 Å². The molecule has 2 saturated heterocycles. The van der Waals surface area contributed by atoms with Gasteiger partial charge in [-0.3, -0.25) is 9.59 Å². The van der Waals surface area contributed by atoms with Crippen molar-refractivity contribution in [2.45, 2.75) is 96.1 Å². The molecule has 1 aromatic heterocycles. The van der Waals surface area contributed by atoms with Crippen LogP contribution >= 0.6 is 0 Å².